The number of hydrogen-bond donors (Lipinski definition) is 0. The SMILES string of the molecule is C[C@@H]1[C@@H]2Cc3c(sc4ccccc34)[C@]1(C)CCN2C. The van der Waals surface area contributed by atoms with Crippen LogP contribution in [0.5, 0.6) is 0 Å². The fraction of sp³-hybridized carbons (Fsp3) is 0.529. The van der Waals surface area contributed by atoms with Gasteiger partial charge in [0.1, 0.15) is 0 Å². The van der Waals surface area contributed by atoms with E-state index in [-0.39, 0.29) is 0 Å². The molecule has 2 heteroatoms. The summed E-state index contributed by atoms with van der Waals surface area (Å²) in [6.07, 6.45) is 2.55. The number of likely N-dealkylation sites (N-methyl/N-ethyl adjacent to an activating group) is 1. The first-order chi connectivity index (χ1) is 9.11. The lowest BCUT2D eigenvalue weighted by Gasteiger charge is -2.52. The monoisotopic (exact) mass is 271 g/mol. The van der Waals surface area contributed by atoms with Gasteiger partial charge in [-0.05, 0) is 49.4 Å². The number of hydrogen-bond acceptors (Lipinski definition) is 2. The van der Waals surface area contributed by atoms with Gasteiger partial charge in [0.2, 0.25) is 0 Å². The first kappa shape index (κ1) is 11.9. The van der Waals surface area contributed by atoms with Crippen molar-refractivity contribution >= 4 is 21.4 Å². The first-order valence-corrected chi connectivity index (χ1v) is 8.14. The molecule has 1 saturated heterocycles. The van der Waals surface area contributed by atoms with Crippen molar-refractivity contribution in [2.45, 2.75) is 38.1 Å². The summed E-state index contributed by atoms with van der Waals surface area (Å²) in [6, 6.07) is 9.70. The molecule has 1 aliphatic carbocycles. The largest absolute Gasteiger partial charge is 0.303 e. The van der Waals surface area contributed by atoms with Crippen molar-refractivity contribution in [2.75, 3.05) is 13.6 Å². The van der Waals surface area contributed by atoms with Crippen molar-refractivity contribution in [3.8, 4) is 0 Å². The van der Waals surface area contributed by atoms with E-state index in [1.807, 2.05) is 0 Å². The van der Waals surface area contributed by atoms with Crippen LogP contribution in [0.25, 0.3) is 10.1 Å². The third kappa shape index (κ3) is 1.45. The second kappa shape index (κ2) is 3.83. The Labute approximate surface area is 119 Å². The molecule has 2 aliphatic rings. The Morgan fingerprint density at radius 1 is 1.32 bits per heavy atom. The van der Waals surface area contributed by atoms with E-state index in [9.17, 15) is 0 Å². The highest BCUT2D eigenvalue weighted by Crippen LogP contribution is 2.52. The van der Waals surface area contributed by atoms with Crippen LogP contribution in [0, 0.1) is 5.92 Å². The van der Waals surface area contributed by atoms with Gasteiger partial charge in [-0.1, -0.05) is 32.0 Å². The highest BCUT2D eigenvalue weighted by molar-refractivity contribution is 7.19. The second-order valence-electron chi connectivity index (χ2n) is 6.61. The molecule has 1 fully saturated rings. The minimum absolute atomic E-state index is 0.397. The molecule has 2 aromatic rings. The maximum absolute atomic E-state index is 2.59. The average Bonchev–Trinajstić information content (AvgIpc) is 2.78. The predicted molar refractivity (Wildman–Crippen MR) is 83.1 cm³/mol. The smallest absolute Gasteiger partial charge is 0.0348 e. The van der Waals surface area contributed by atoms with E-state index in [0.29, 0.717) is 5.41 Å². The fourth-order valence-electron chi connectivity index (χ4n) is 4.23. The van der Waals surface area contributed by atoms with Gasteiger partial charge in [-0.25, -0.2) is 0 Å². The molecule has 1 aromatic carbocycles. The maximum atomic E-state index is 2.59. The van der Waals surface area contributed by atoms with Gasteiger partial charge in [0.25, 0.3) is 0 Å². The van der Waals surface area contributed by atoms with E-state index in [0.717, 1.165) is 12.0 Å². The summed E-state index contributed by atoms with van der Waals surface area (Å²) in [6.45, 7) is 6.22. The van der Waals surface area contributed by atoms with Gasteiger partial charge in [0.15, 0.2) is 0 Å². The van der Waals surface area contributed by atoms with Crippen molar-refractivity contribution in [3.63, 3.8) is 0 Å². The lowest BCUT2D eigenvalue weighted by Crippen LogP contribution is -2.56. The summed E-state index contributed by atoms with van der Waals surface area (Å²) in [5.74, 6) is 0.770. The quantitative estimate of drug-likeness (QED) is 0.698. The predicted octanol–water partition coefficient (Wildman–Crippen LogP) is 4.06. The third-order valence-electron chi connectivity index (χ3n) is 5.76. The molecule has 2 heterocycles. The molecule has 0 radical (unpaired) electrons. The average molecular weight is 271 g/mol. The molecular weight excluding hydrogens is 250 g/mol. The second-order valence-corrected chi connectivity index (χ2v) is 7.67. The molecule has 0 saturated carbocycles. The van der Waals surface area contributed by atoms with Gasteiger partial charge < -0.3 is 4.90 Å². The van der Waals surface area contributed by atoms with Crippen molar-refractivity contribution in [3.05, 3.63) is 34.7 Å². The summed E-state index contributed by atoms with van der Waals surface area (Å²) >= 11 is 2.05. The van der Waals surface area contributed by atoms with E-state index < -0.39 is 0 Å². The normalized spacial score (nSPS) is 34.5. The summed E-state index contributed by atoms with van der Waals surface area (Å²) in [7, 11) is 2.31. The highest BCUT2D eigenvalue weighted by atomic mass is 32.1. The Balaban J connectivity index is 2.00. The van der Waals surface area contributed by atoms with Gasteiger partial charge in [-0.3, -0.25) is 0 Å². The Morgan fingerprint density at radius 3 is 2.95 bits per heavy atom. The van der Waals surface area contributed by atoms with Gasteiger partial charge in [-0.15, -0.1) is 11.3 Å². The topological polar surface area (TPSA) is 3.24 Å². The zero-order valence-corrected chi connectivity index (χ0v) is 12.8. The van der Waals surface area contributed by atoms with Crippen LogP contribution in [0.4, 0.5) is 0 Å². The zero-order valence-electron chi connectivity index (χ0n) is 11.9. The molecule has 0 spiro atoms. The van der Waals surface area contributed by atoms with Gasteiger partial charge >= 0.3 is 0 Å². The minimum Gasteiger partial charge on any atom is -0.303 e. The van der Waals surface area contributed by atoms with E-state index >= 15 is 0 Å². The Kier molecular flexibility index (Phi) is 2.40. The van der Waals surface area contributed by atoms with Crippen LogP contribution >= 0.6 is 11.3 Å². The molecule has 0 unspecified atom stereocenters. The van der Waals surface area contributed by atoms with Crippen molar-refractivity contribution in [1.82, 2.24) is 4.90 Å². The zero-order chi connectivity index (χ0) is 13.2. The molecule has 4 rings (SSSR count). The van der Waals surface area contributed by atoms with Crippen LogP contribution in [0.15, 0.2) is 24.3 Å². The molecular formula is C17H21NS. The molecule has 100 valence electrons. The first-order valence-electron chi connectivity index (χ1n) is 7.32. The Bertz CT molecular complexity index is 644. The summed E-state index contributed by atoms with van der Waals surface area (Å²) in [5, 5.41) is 1.51. The fourth-order valence-corrected chi connectivity index (χ4v) is 5.74. The Hall–Kier alpha value is -0.860. The van der Waals surface area contributed by atoms with Gasteiger partial charge in [-0.2, -0.15) is 0 Å². The van der Waals surface area contributed by atoms with Gasteiger partial charge in [0, 0.05) is 21.0 Å². The number of benzene rings is 1. The molecule has 2 bridgehead atoms. The molecule has 0 amide bonds. The number of fused-ring (bicyclic) bond motifs is 6. The van der Waals surface area contributed by atoms with Crippen LogP contribution in [-0.2, 0) is 11.8 Å². The van der Waals surface area contributed by atoms with E-state index in [2.05, 4.69) is 61.4 Å². The van der Waals surface area contributed by atoms with Crippen molar-refractivity contribution in [2.24, 2.45) is 5.92 Å². The van der Waals surface area contributed by atoms with E-state index in [1.54, 1.807) is 10.4 Å². The number of nitrogens with zero attached hydrogens (tertiary/aromatic N) is 1. The highest BCUT2D eigenvalue weighted by Gasteiger charge is 2.48. The maximum Gasteiger partial charge on any atom is 0.0348 e. The molecule has 1 nitrogen and oxygen atoms in total. The minimum atomic E-state index is 0.397. The number of likely N-dealkylation sites (tertiary alicyclic amines) is 1. The number of rotatable bonds is 0. The lowest BCUT2D eigenvalue weighted by molar-refractivity contribution is 0.0536. The molecule has 1 aliphatic heterocycles. The van der Waals surface area contributed by atoms with E-state index in [4.69, 9.17) is 0 Å². The van der Waals surface area contributed by atoms with Crippen LogP contribution in [0.2, 0.25) is 0 Å². The van der Waals surface area contributed by atoms with Crippen LogP contribution in [0.1, 0.15) is 30.7 Å². The number of thiophene rings is 1. The standard InChI is InChI=1S/C17H21NS/c1-11-14-10-13-12-6-4-5-7-15(12)19-16(13)17(11,2)8-9-18(14)3/h4-7,11,14H,8-10H2,1-3H3/t11-,14+,17-/m1/s1. The lowest BCUT2D eigenvalue weighted by atomic mass is 9.62. The summed E-state index contributed by atoms with van der Waals surface area (Å²) in [4.78, 5) is 4.27. The van der Waals surface area contributed by atoms with Crippen LogP contribution < -0.4 is 0 Å². The third-order valence-corrected chi connectivity index (χ3v) is 7.26. The van der Waals surface area contributed by atoms with E-state index in [1.165, 1.54) is 29.5 Å². The molecule has 3 atom stereocenters. The molecule has 1 aromatic heterocycles. The molecule has 19 heavy (non-hydrogen) atoms. The van der Waals surface area contributed by atoms with Crippen LogP contribution in [0.3, 0.4) is 0 Å². The van der Waals surface area contributed by atoms with Crippen LogP contribution in [-0.4, -0.2) is 24.5 Å². The number of piperidine rings is 1. The molecule has 0 N–H and O–H groups in total. The Morgan fingerprint density at radius 2 is 2.11 bits per heavy atom. The van der Waals surface area contributed by atoms with Crippen molar-refractivity contribution < 1.29 is 0 Å². The van der Waals surface area contributed by atoms with Gasteiger partial charge in [0.05, 0.1) is 0 Å². The summed E-state index contributed by atoms with van der Waals surface area (Å²) in [5.41, 5.74) is 2.05. The summed E-state index contributed by atoms with van der Waals surface area (Å²) < 4.78 is 1.48. The van der Waals surface area contributed by atoms with Crippen molar-refractivity contribution in [1.29, 1.82) is 0 Å².